The van der Waals surface area contributed by atoms with Gasteiger partial charge in [-0.05, 0) is 83.3 Å². The number of ether oxygens (including phenoxy) is 2. The molecule has 4 atom stereocenters. The fourth-order valence-corrected chi connectivity index (χ4v) is 8.40. The summed E-state index contributed by atoms with van der Waals surface area (Å²) in [6, 6.07) is 25.9. The Morgan fingerprint density at radius 2 is 1.32 bits per heavy atom. The Balaban J connectivity index is 0.987. The Kier molecular flexibility index (Phi) is 11.0. The molecule has 4 unspecified atom stereocenters. The largest absolute Gasteiger partial charge is 0.453 e. The van der Waals surface area contributed by atoms with Crippen molar-refractivity contribution in [1.29, 1.82) is 0 Å². The third-order valence-corrected chi connectivity index (χ3v) is 11.5. The highest BCUT2D eigenvalue weighted by Crippen LogP contribution is 2.36. The predicted molar refractivity (Wildman–Crippen MR) is 223 cm³/mol. The summed E-state index contributed by atoms with van der Waals surface area (Å²) in [7, 11) is 2.57. The first kappa shape index (κ1) is 39.1. The van der Waals surface area contributed by atoms with E-state index in [-0.39, 0.29) is 29.8 Å². The van der Waals surface area contributed by atoms with Crippen molar-refractivity contribution in [2.24, 2.45) is 5.92 Å². The topological polar surface area (TPSA) is 175 Å². The maximum absolute atomic E-state index is 14.0. The Bertz CT molecular complexity index is 2510. The average Bonchev–Trinajstić information content (AvgIpc) is 4.10. The van der Waals surface area contributed by atoms with E-state index in [0.29, 0.717) is 24.5 Å². The maximum atomic E-state index is 14.0. The highest BCUT2D eigenvalue weighted by atomic mass is 16.5. The van der Waals surface area contributed by atoms with Crippen molar-refractivity contribution in [3.63, 3.8) is 0 Å². The van der Waals surface area contributed by atoms with Crippen LogP contribution in [0.1, 0.15) is 74.9 Å². The highest BCUT2D eigenvalue weighted by Gasteiger charge is 2.39. The first-order valence-corrected chi connectivity index (χ1v) is 20.1. The summed E-state index contributed by atoms with van der Waals surface area (Å²) < 4.78 is 9.61. The number of nitrogens with zero attached hydrogens (tertiary/aromatic N) is 4. The van der Waals surface area contributed by atoms with Gasteiger partial charge in [-0.25, -0.2) is 19.6 Å². The number of imidazole rings is 2. The van der Waals surface area contributed by atoms with Gasteiger partial charge in [0.25, 0.3) is 5.91 Å². The SMILES string of the molecule is COC(=O)NC(C(=O)N1CCCC1c1nc2ccc(-c3ccc4cc(-c5cnc(C6CCCN6C(=O)C(NC(=O)OC)C(C)C)[nH]5)ccc4c3)cc2[nH]1)c1ccccc1. The number of fused-ring (bicyclic) bond motifs is 2. The van der Waals surface area contributed by atoms with Crippen molar-refractivity contribution in [3.05, 3.63) is 108 Å². The fourth-order valence-electron chi connectivity index (χ4n) is 8.40. The zero-order valence-electron chi connectivity index (χ0n) is 33.5. The maximum Gasteiger partial charge on any atom is 0.407 e. The van der Waals surface area contributed by atoms with Crippen molar-refractivity contribution in [2.45, 2.75) is 63.7 Å². The molecule has 0 bridgehead atoms. The van der Waals surface area contributed by atoms with Crippen molar-refractivity contribution < 1.29 is 28.7 Å². The second-order valence-electron chi connectivity index (χ2n) is 15.5. The lowest BCUT2D eigenvalue weighted by Crippen LogP contribution is -2.51. The second kappa shape index (κ2) is 16.6. The van der Waals surface area contributed by atoms with Gasteiger partial charge in [0.15, 0.2) is 0 Å². The molecule has 0 aliphatic carbocycles. The predicted octanol–water partition coefficient (Wildman–Crippen LogP) is 7.58. The van der Waals surface area contributed by atoms with Crippen LogP contribution in [0.4, 0.5) is 9.59 Å². The first-order valence-electron chi connectivity index (χ1n) is 20.1. The van der Waals surface area contributed by atoms with Crippen LogP contribution in [0, 0.1) is 5.92 Å². The van der Waals surface area contributed by atoms with Crippen LogP contribution in [0.3, 0.4) is 0 Å². The molecule has 304 valence electrons. The third kappa shape index (κ3) is 7.94. The summed E-state index contributed by atoms with van der Waals surface area (Å²) in [5, 5.41) is 7.57. The van der Waals surface area contributed by atoms with Crippen molar-refractivity contribution in [1.82, 2.24) is 40.4 Å². The summed E-state index contributed by atoms with van der Waals surface area (Å²) in [4.78, 5) is 72.1. The van der Waals surface area contributed by atoms with E-state index in [2.05, 4.69) is 69.1 Å². The molecule has 4 N–H and O–H groups in total. The summed E-state index contributed by atoms with van der Waals surface area (Å²) >= 11 is 0. The molecule has 2 aliphatic rings. The molecule has 2 aliphatic heterocycles. The van der Waals surface area contributed by atoms with E-state index in [4.69, 9.17) is 19.4 Å². The molecule has 0 saturated carbocycles. The minimum atomic E-state index is -0.886. The van der Waals surface area contributed by atoms with Crippen molar-refractivity contribution in [2.75, 3.05) is 27.3 Å². The van der Waals surface area contributed by atoms with Crippen LogP contribution in [-0.4, -0.2) is 87.1 Å². The lowest BCUT2D eigenvalue weighted by molar-refractivity contribution is -0.135. The van der Waals surface area contributed by atoms with Gasteiger partial charge in [-0.3, -0.25) is 9.59 Å². The normalized spacial score (nSPS) is 17.6. The zero-order valence-corrected chi connectivity index (χ0v) is 33.5. The second-order valence-corrected chi connectivity index (χ2v) is 15.5. The van der Waals surface area contributed by atoms with Crippen LogP contribution in [0.15, 0.2) is 91.1 Å². The van der Waals surface area contributed by atoms with Gasteiger partial charge < -0.3 is 39.9 Å². The van der Waals surface area contributed by atoms with Crippen LogP contribution in [0.5, 0.6) is 0 Å². The van der Waals surface area contributed by atoms with Crippen LogP contribution in [0.2, 0.25) is 0 Å². The molecular formula is C45H48N8O6. The first-order chi connectivity index (χ1) is 28.6. The van der Waals surface area contributed by atoms with E-state index >= 15 is 0 Å². The molecule has 4 amide bonds. The number of hydrogen-bond donors (Lipinski definition) is 4. The molecule has 59 heavy (non-hydrogen) atoms. The van der Waals surface area contributed by atoms with Crippen LogP contribution < -0.4 is 10.6 Å². The number of benzene rings is 4. The zero-order chi connectivity index (χ0) is 41.2. The van der Waals surface area contributed by atoms with E-state index in [0.717, 1.165) is 75.7 Å². The number of likely N-dealkylation sites (tertiary alicyclic amines) is 2. The minimum Gasteiger partial charge on any atom is -0.453 e. The number of amides is 4. The van der Waals surface area contributed by atoms with Crippen LogP contribution in [-0.2, 0) is 19.1 Å². The molecule has 8 rings (SSSR count). The number of carbonyl (C=O) groups excluding carboxylic acids is 4. The number of rotatable bonds is 10. The molecule has 14 nitrogen and oxygen atoms in total. The van der Waals surface area contributed by atoms with E-state index in [9.17, 15) is 19.2 Å². The number of aromatic nitrogens is 4. The molecular weight excluding hydrogens is 749 g/mol. The highest BCUT2D eigenvalue weighted by molar-refractivity contribution is 5.92. The van der Waals surface area contributed by atoms with Gasteiger partial charge in [-0.1, -0.05) is 74.5 Å². The van der Waals surface area contributed by atoms with Gasteiger partial charge in [-0.15, -0.1) is 0 Å². The number of aromatic amines is 2. The van der Waals surface area contributed by atoms with Gasteiger partial charge >= 0.3 is 12.2 Å². The lowest BCUT2D eigenvalue weighted by atomic mass is 9.99. The Morgan fingerprint density at radius 3 is 2.02 bits per heavy atom. The molecule has 4 heterocycles. The van der Waals surface area contributed by atoms with Gasteiger partial charge in [0.2, 0.25) is 5.91 Å². The molecule has 4 aromatic carbocycles. The fraction of sp³-hybridized carbons (Fsp3) is 0.333. The van der Waals surface area contributed by atoms with Gasteiger partial charge in [-0.2, -0.15) is 0 Å². The van der Waals surface area contributed by atoms with Crippen molar-refractivity contribution >= 4 is 45.8 Å². The quantitative estimate of drug-likeness (QED) is 0.110. The number of H-pyrrole nitrogens is 2. The Labute approximate surface area is 341 Å². The van der Waals surface area contributed by atoms with Gasteiger partial charge in [0, 0.05) is 18.7 Å². The Hall–Kier alpha value is -6.70. The smallest absolute Gasteiger partial charge is 0.407 e. The van der Waals surface area contributed by atoms with Crippen LogP contribution in [0.25, 0.3) is 44.2 Å². The summed E-state index contributed by atoms with van der Waals surface area (Å²) in [5.41, 5.74) is 6.28. The third-order valence-electron chi connectivity index (χ3n) is 11.5. The molecule has 14 heteroatoms. The van der Waals surface area contributed by atoms with E-state index < -0.39 is 24.3 Å². The lowest BCUT2D eigenvalue weighted by Gasteiger charge is -2.30. The van der Waals surface area contributed by atoms with E-state index in [1.165, 1.54) is 14.2 Å². The number of carbonyl (C=O) groups is 4. The van der Waals surface area contributed by atoms with Crippen molar-refractivity contribution in [3.8, 4) is 22.4 Å². The number of alkyl carbamates (subject to hydrolysis) is 2. The average molecular weight is 797 g/mol. The molecule has 0 radical (unpaired) electrons. The molecule has 2 aromatic heterocycles. The molecule has 2 saturated heterocycles. The standard InChI is InChI=1S/C45H48N8O6/c1-26(2)38(50-44(56)58-3)42(54)52-20-8-12-36(52)40-46-25-35(49-40)32-17-16-28-22-29(14-15-30(28)23-32)31-18-19-33-34(24-31)48-41(47-33)37-13-9-21-53(37)43(55)39(51-45(57)59-4)27-10-6-5-7-11-27/h5-7,10-11,14-19,22-26,36-39H,8-9,12-13,20-21H2,1-4H3,(H,46,49)(H,47,48)(H,50,56)(H,51,57). The van der Waals surface area contributed by atoms with Gasteiger partial charge in [0.05, 0.1) is 49.2 Å². The molecule has 6 aromatic rings. The number of methoxy groups -OCH3 is 2. The monoisotopic (exact) mass is 796 g/mol. The Morgan fingerprint density at radius 1 is 0.712 bits per heavy atom. The minimum absolute atomic E-state index is 0.111. The summed E-state index contributed by atoms with van der Waals surface area (Å²) in [6.45, 7) is 4.94. The molecule has 0 spiro atoms. The van der Waals surface area contributed by atoms with Crippen LogP contribution >= 0.6 is 0 Å². The summed E-state index contributed by atoms with van der Waals surface area (Å²) in [6.07, 6.45) is 3.70. The van der Waals surface area contributed by atoms with E-state index in [1.807, 2.05) is 61.3 Å². The molecule has 2 fully saturated rings. The number of nitrogens with one attached hydrogen (secondary N) is 4. The summed E-state index contributed by atoms with van der Waals surface area (Å²) in [5.74, 6) is 0.966. The number of hydrogen-bond acceptors (Lipinski definition) is 8. The van der Waals surface area contributed by atoms with E-state index in [1.54, 1.807) is 4.90 Å². The van der Waals surface area contributed by atoms with Gasteiger partial charge in [0.1, 0.15) is 23.7 Å².